The Kier molecular flexibility index (Phi) is 3.82. The highest BCUT2D eigenvalue weighted by atomic mass is 16.5. The van der Waals surface area contributed by atoms with Gasteiger partial charge in [0.15, 0.2) is 0 Å². The van der Waals surface area contributed by atoms with E-state index in [9.17, 15) is 0 Å². The third-order valence-electron chi connectivity index (χ3n) is 2.81. The molecule has 0 amide bonds. The van der Waals surface area contributed by atoms with E-state index in [1.165, 1.54) is 20.5 Å². The molecule has 0 aliphatic carbocycles. The van der Waals surface area contributed by atoms with Crippen molar-refractivity contribution in [2.45, 2.75) is 0 Å². The zero-order valence-corrected chi connectivity index (χ0v) is 12.0. The van der Waals surface area contributed by atoms with Crippen molar-refractivity contribution in [3.05, 3.63) is 43.0 Å². The van der Waals surface area contributed by atoms with Gasteiger partial charge in [0.05, 0.1) is 26.0 Å². The number of aromatic nitrogens is 5. The SMILES string of the molecule is COc1cc(OC)nc(Oc2ccc(-n3cncn3)cc2)n1. The fourth-order valence-electron chi connectivity index (χ4n) is 1.75. The van der Waals surface area contributed by atoms with Crippen LogP contribution in [0.25, 0.3) is 5.69 Å². The number of nitrogens with zero attached hydrogens (tertiary/aromatic N) is 5. The third kappa shape index (κ3) is 2.95. The summed E-state index contributed by atoms with van der Waals surface area (Å²) in [6.07, 6.45) is 3.09. The van der Waals surface area contributed by atoms with Gasteiger partial charge in [-0.05, 0) is 24.3 Å². The standard InChI is InChI=1S/C14H13N5O3/c1-20-12-7-13(21-2)18-14(17-12)22-11-5-3-10(4-6-11)19-9-15-8-16-19/h3-9H,1-2H3. The van der Waals surface area contributed by atoms with Gasteiger partial charge < -0.3 is 14.2 Å². The Balaban J connectivity index is 1.81. The maximum atomic E-state index is 5.61. The average molecular weight is 299 g/mol. The normalized spacial score (nSPS) is 10.3. The van der Waals surface area contributed by atoms with Crippen LogP contribution in [0.15, 0.2) is 43.0 Å². The molecule has 22 heavy (non-hydrogen) atoms. The van der Waals surface area contributed by atoms with Crippen LogP contribution in [0.3, 0.4) is 0 Å². The second-order valence-corrected chi connectivity index (χ2v) is 4.17. The van der Waals surface area contributed by atoms with Gasteiger partial charge in [-0.1, -0.05) is 0 Å². The zero-order chi connectivity index (χ0) is 15.4. The van der Waals surface area contributed by atoms with Crippen molar-refractivity contribution >= 4 is 0 Å². The summed E-state index contributed by atoms with van der Waals surface area (Å²) in [6.45, 7) is 0. The van der Waals surface area contributed by atoms with Gasteiger partial charge in [0.1, 0.15) is 18.4 Å². The predicted octanol–water partition coefficient (Wildman–Crippen LogP) is 1.87. The molecule has 112 valence electrons. The highest BCUT2D eigenvalue weighted by molar-refractivity contribution is 5.37. The molecule has 8 nitrogen and oxygen atoms in total. The van der Waals surface area contributed by atoms with E-state index in [1.807, 2.05) is 12.1 Å². The molecule has 0 saturated heterocycles. The molecule has 2 aromatic heterocycles. The van der Waals surface area contributed by atoms with Crippen molar-refractivity contribution in [1.29, 1.82) is 0 Å². The minimum Gasteiger partial charge on any atom is -0.481 e. The molecule has 3 aromatic rings. The van der Waals surface area contributed by atoms with Crippen LogP contribution >= 0.6 is 0 Å². The lowest BCUT2D eigenvalue weighted by Crippen LogP contribution is -1.98. The first-order valence-electron chi connectivity index (χ1n) is 6.38. The third-order valence-corrected chi connectivity index (χ3v) is 2.81. The van der Waals surface area contributed by atoms with E-state index >= 15 is 0 Å². The number of ether oxygens (including phenoxy) is 3. The van der Waals surface area contributed by atoms with E-state index in [-0.39, 0.29) is 6.01 Å². The Morgan fingerprint density at radius 1 is 0.955 bits per heavy atom. The second-order valence-electron chi connectivity index (χ2n) is 4.17. The van der Waals surface area contributed by atoms with Crippen molar-refractivity contribution in [1.82, 2.24) is 24.7 Å². The van der Waals surface area contributed by atoms with Crippen LogP contribution in [0.4, 0.5) is 0 Å². The lowest BCUT2D eigenvalue weighted by Gasteiger charge is -2.08. The predicted molar refractivity (Wildman–Crippen MR) is 76.6 cm³/mol. The first-order valence-corrected chi connectivity index (χ1v) is 6.38. The smallest absolute Gasteiger partial charge is 0.328 e. The van der Waals surface area contributed by atoms with Crippen molar-refractivity contribution in [2.75, 3.05) is 14.2 Å². The molecule has 0 radical (unpaired) electrons. The molecule has 0 bridgehead atoms. The summed E-state index contributed by atoms with van der Waals surface area (Å²) in [6, 6.07) is 8.98. The van der Waals surface area contributed by atoms with Gasteiger partial charge in [0.2, 0.25) is 11.8 Å². The van der Waals surface area contributed by atoms with Crippen molar-refractivity contribution in [2.24, 2.45) is 0 Å². The summed E-state index contributed by atoms with van der Waals surface area (Å²) < 4.78 is 17.4. The van der Waals surface area contributed by atoms with E-state index in [1.54, 1.807) is 29.2 Å². The van der Waals surface area contributed by atoms with Crippen molar-refractivity contribution < 1.29 is 14.2 Å². The number of hydrogen-bond acceptors (Lipinski definition) is 7. The monoisotopic (exact) mass is 299 g/mol. The minimum absolute atomic E-state index is 0.143. The molecular weight excluding hydrogens is 286 g/mol. The van der Waals surface area contributed by atoms with Crippen LogP contribution in [0.1, 0.15) is 0 Å². The van der Waals surface area contributed by atoms with Crippen LogP contribution in [0, 0.1) is 0 Å². The van der Waals surface area contributed by atoms with Crippen LogP contribution in [-0.4, -0.2) is 39.0 Å². The highest BCUT2D eigenvalue weighted by Gasteiger charge is 2.08. The van der Waals surface area contributed by atoms with E-state index in [0.717, 1.165) is 5.69 Å². The summed E-state index contributed by atoms with van der Waals surface area (Å²) >= 11 is 0. The maximum Gasteiger partial charge on any atom is 0.328 e. The van der Waals surface area contributed by atoms with E-state index < -0.39 is 0 Å². The van der Waals surface area contributed by atoms with Crippen LogP contribution in [0.5, 0.6) is 23.5 Å². The molecule has 0 atom stereocenters. The van der Waals surface area contributed by atoms with Crippen LogP contribution in [0.2, 0.25) is 0 Å². The van der Waals surface area contributed by atoms with Gasteiger partial charge >= 0.3 is 6.01 Å². The lowest BCUT2D eigenvalue weighted by molar-refractivity contribution is 0.348. The first-order chi connectivity index (χ1) is 10.8. The summed E-state index contributed by atoms with van der Waals surface area (Å²) in [5.41, 5.74) is 0.869. The largest absolute Gasteiger partial charge is 0.481 e. The molecule has 0 aliphatic rings. The number of rotatable bonds is 5. The Morgan fingerprint density at radius 3 is 2.18 bits per heavy atom. The first kappa shape index (κ1) is 13.8. The molecule has 0 aliphatic heterocycles. The van der Waals surface area contributed by atoms with Crippen LogP contribution < -0.4 is 14.2 Å². The molecule has 0 fully saturated rings. The number of benzene rings is 1. The summed E-state index contributed by atoms with van der Waals surface area (Å²) in [5.74, 6) is 1.31. The van der Waals surface area contributed by atoms with Gasteiger partial charge in [0.25, 0.3) is 0 Å². The molecule has 0 spiro atoms. The maximum absolute atomic E-state index is 5.61. The minimum atomic E-state index is 0.143. The lowest BCUT2D eigenvalue weighted by atomic mass is 10.3. The van der Waals surface area contributed by atoms with Crippen molar-refractivity contribution in [3.8, 4) is 29.2 Å². The molecule has 1 aromatic carbocycles. The van der Waals surface area contributed by atoms with E-state index in [0.29, 0.717) is 17.5 Å². The van der Waals surface area contributed by atoms with Gasteiger partial charge in [0, 0.05) is 0 Å². The summed E-state index contributed by atoms with van der Waals surface area (Å²) in [5, 5.41) is 4.05. The Labute approximate surface area is 126 Å². The zero-order valence-electron chi connectivity index (χ0n) is 12.0. The molecular formula is C14H13N5O3. The Morgan fingerprint density at radius 2 is 1.64 bits per heavy atom. The molecule has 0 N–H and O–H groups in total. The topological polar surface area (TPSA) is 84.2 Å². The highest BCUT2D eigenvalue weighted by Crippen LogP contribution is 2.24. The summed E-state index contributed by atoms with van der Waals surface area (Å²) in [4.78, 5) is 12.1. The Hall–Kier alpha value is -3.16. The summed E-state index contributed by atoms with van der Waals surface area (Å²) in [7, 11) is 3.02. The van der Waals surface area contributed by atoms with Crippen LogP contribution in [-0.2, 0) is 0 Å². The molecule has 0 saturated carbocycles. The van der Waals surface area contributed by atoms with Gasteiger partial charge in [-0.2, -0.15) is 15.1 Å². The number of hydrogen-bond donors (Lipinski definition) is 0. The fourth-order valence-corrected chi connectivity index (χ4v) is 1.75. The quantitative estimate of drug-likeness (QED) is 0.711. The average Bonchev–Trinajstić information content (AvgIpc) is 3.09. The fraction of sp³-hybridized carbons (Fsp3) is 0.143. The van der Waals surface area contributed by atoms with Gasteiger partial charge in [-0.3, -0.25) is 0 Å². The molecule has 3 rings (SSSR count). The van der Waals surface area contributed by atoms with Gasteiger partial charge in [-0.25, -0.2) is 9.67 Å². The number of methoxy groups -OCH3 is 2. The molecule has 2 heterocycles. The second kappa shape index (κ2) is 6.08. The van der Waals surface area contributed by atoms with Gasteiger partial charge in [-0.15, -0.1) is 0 Å². The molecule has 8 heteroatoms. The van der Waals surface area contributed by atoms with E-state index in [2.05, 4.69) is 20.1 Å². The van der Waals surface area contributed by atoms with Crippen molar-refractivity contribution in [3.63, 3.8) is 0 Å². The van der Waals surface area contributed by atoms with E-state index in [4.69, 9.17) is 14.2 Å². The molecule has 0 unspecified atom stereocenters. The Bertz CT molecular complexity index is 721.